The van der Waals surface area contributed by atoms with Gasteiger partial charge in [0.2, 0.25) is 0 Å². The lowest BCUT2D eigenvalue weighted by atomic mass is 10.1. The summed E-state index contributed by atoms with van der Waals surface area (Å²) in [6.07, 6.45) is 0. The Morgan fingerprint density at radius 1 is 1.33 bits per heavy atom. The van der Waals surface area contributed by atoms with Gasteiger partial charge in [0.1, 0.15) is 5.69 Å². The molecule has 7 heteroatoms. The minimum absolute atomic E-state index is 0.0454. The summed E-state index contributed by atoms with van der Waals surface area (Å²) in [4.78, 5) is 22.7. The number of primary amides is 1. The van der Waals surface area contributed by atoms with Gasteiger partial charge in [-0.25, -0.2) is 0 Å². The normalized spacial score (nSPS) is 10.1. The summed E-state index contributed by atoms with van der Waals surface area (Å²) in [6.45, 7) is 0. The first-order valence-electron chi connectivity index (χ1n) is 5.16. The topological polar surface area (TPSA) is 114 Å². The van der Waals surface area contributed by atoms with Crippen molar-refractivity contribution in [3.05, 3.63) is 35.5 Å². The number of nitrogens with two attached hydrogens (primary N) is 1. The third-order valence-corrected chi connectivity index (χ3v) is 2.41. The molecule has 1 aromatic heterocycles. The van der Waals surface area contributed by atoms with Crippen LogP contribution in [0.1, 0.15) is 20.8 Å². The Bertz CT molecular complexity index is 605. The minimum Gasteiger partial charge on any atom is -0.364 e. The summed E-state index contributed by atoms with van der Waals surface area (Å²) < 4.78 is 0. The van der Waals surface area contributed by atoms with E-state index in [2.05, 4.69) is 20.7 Å². The zero-order valence-corrected chi connectivity index (χ0v) is 9.60. The van der Waals surface area contributed by atoms with E-state index in [-0.39, 0.29) is 11.6 Å². The molecular formula is C11H11N5O2. The van der Waals surface area contributed by atoms with Crippen LogP contribution in [0.4, 0.5) is 0 Å². The summed E-state index contributed by atoms with van der Waals surface area (Å²) in [5.41, 5.74) is 6.61. The molecule has 0 saturated heterocycles. The SMILES string of the molecule is CNC(=O)c1cccc(-c2n[nH]nc2C(N)=O)c1. The maximum Gasteiger partial charge on any atom is 0.271 e. The van der Waals surface area contributed by atoms with E-state index in [1.165, 1.54) is 0 Å². The molecule has 2 aromatic rings. The van der Waals surface area contributed by atoms with Gasteiger partial charge in [0.05, 0.1) is 0 Å². The molecule has 0 spiro atoms. The van der Waals surface area contributed by atoms with Crippen molar-refractivity contribution in [3.8, 4) is 11.3 Å². The van der Waals surface area contributed by atoms with E-state index in [1.807, 2.05) is 0 Å². The Balaban J connectivity index is 2.48. The highest BCUT2D eigenvalue weighted by atomic mass is 16.2. The number of aromatic amines is 1. The fraction of sp³-hybridized carbons (Fsp3) is 0.0909. The lowest BCUT2D eigenvalue weighted by Crippen LogP contribution is -2.17. The molecular weight excluding hydrogens is 234 g/mol. The van der Waals surface area contributed by atoms with E-state index in [1.54, 1.807) is 31.3 Å². The predicted octanol–water partition coefficient (Wildman–Crippen LogP) is -0.0698. The third kappa shape index (κ3) is 2.05. The van der Waals surface area contributed by atoms with Crippen molar-refractivity contribution >= 4 is 11.8 Å². The molecule has 1 aromatic carbocycles. The van der Waals surface area contributed by atoms with Gasteiger partial charge in [0, 0.05) is 18.2 Å². The first-order chi connectivity index (χ1) is 8.63. The maximum atomic E-state index is 11.5. The Labute approximate surface area is 102 Å². The summed E-state index contributed by atoms with van der Waals surface area (Å²) in [7, 11) is 1.54. The van der Waals surface area contributed by atoms with Crippen LogP contribution in [0, 0.1) is 0 Å². The lowest BCUT2D eigenvalue weighted by Gasteiger charge is -2.02. The van der Waals surface area contributed by atoms with Crippen LogP contribution in [0.25, 0.3) is 11.3 Å². The number of benzene rings is 1. The zero-order chi connectivity index (χ0) is 13.1. The molecule has 4 N–H and O–H groups in total. The molecule has 7 nitrogen and oxygen atoms in total. The van der Waals surface area contributed by atoms with Crippen molar-refractivity contribution in [2.75, 3.05) is 7.05 Å². The number of aromatic nitrogens is 3. The fourth-order valence-electron chi connectivity index (χ4n) is 1.56. The van der Waals surface area contributed by atoms with Crippen molar-refractivity contribution in [2.24, 2.45) is 5.73 Å². The lowest BCUT2D eigenvalue weighted by molar-refractivity contribution is 0.0961. The van der Waals surface area contributed by atoms with Gasteiger partial charge < -0.3 is 11.1 Å². The maximum absolute atomic E-state index is 11.5. The average molecular weight is 245 g/mol. The van der Waals surface area contributed by atoms with Gasteiger partial charge in [-0.1, -0.05) is 12.1 Å². The summed E-state index contributed by atoms with van der Waals surface area (Å²) >= 11 is 0. The number of nitrogens with zero attached hydrogens (tertiary/aromatic N) is 2. The molecule has 0 radical (unpaired) electrons. The molecule has 0 atom stereocenters. The van der Waals surface area contributed by atoms with E-state index >= 15 is 0 Å². The molecule has 92 valence electrons. The Hall–Kier alpha value is -2.70. The smallest absolute Gasteiger partial charge is 0.271 e. The molecule has 2 rings (SSSR count). The highest BCUT2D eigenvalue weighted by molar-refractivity contribution is 5.98. The molecule has 0 saturated carbocycles. The standard InChI is InChI=1S/C11H11N5O2/c1-13-11(18)7-4-2-3-6(5-7)8-9(10(12)17)15-16-14-8/h2-5H,1H3,(H2,12,17)(H,13,18)(H,14,15,16). The summed E-state index contributed by atoms with van der Waals surface area (Å²) in [5, 5.41) is 12.4. The van der Waals surface area contributed by atoms with Crippen LogP contribution >= 0.6 is 0 Å². The van der Waals surface area contributed by atoms with E-state index in [0.29, 0.717) is 16.8 Å². The van der Waals surface area contributed by atoms with E-state index in [0.717, 1.165) is 0 Å². The quantitative estimate of drug-likeness (QED) is 0.702. The van der Waals surface area contributed by atoms with Crippen LogP contribution in [0.5, 0.6) is 0 Å². The molecule has 18 heavy (non-hydrogen) atoms. The average Bonchev–Trinajstić information content (AvgIpc) is 2.87. The van der Waals surface area contributed by atoms with E-state index in [9.17, 15) is 9.59 Å². The highest BCUT2D eigenvalue weighted by Gasteiger charge is 2.16. The number of amides is 2. The number of carbonyl (C=O) groups excluding carboxylic acids is 2. The Morgan fingerprint density at radius 3 is 2.78 bits per heavy atom. The van der Waals surface area contributed by atoms with Crippen LogP contribution < -0.4 is 11.1 Å². The number of rotatable bonds is 3. The molecule has 0 unspecified atom stereocenters. The number of nitrogens with one attached hydrogen (secondary N) is 2. The van der Waals surface area contributed by atoms with Crippen molar-refractivity contribution in [1.29, 1.82) is 0 Å². The van der Waals surface area contributed by atoms with Crippen molar-refractivity contribution in [1.82, 2.24) is 20.7 Å². The summed E-state index contributed by atoms with van der Waals surface area (Å²) in [6, 6.07) is 6.69. The largest absolute Gasteiger partial charge is 0.364 e. The van der Waals surface area contributed by atoms with Gasteiger partial charge in [-0.2, -0.15) is 15.4 Å². The Kier molecular flexibility index (Phi) is 3.05. The second-order valence-corrected chi connectivity index (χ2v) is 3.54. The van der Waals surface area contributed by atoms with E-state index in [4.69, 9.17) is 5.73 Å². The second-order valence-electron chi connectivity index (χ2n) is 3.54. The van der Waals surface area contributed by atoms with Crippen LogP contribution in [-0.2, 0) is 0 Å². The Morgan fingerprint density at radius 2 is 2.11 bits per heavy atom. The number of carbonyl (C=O) groups is 2. The van der Waals surface area contributed by atoms with E-state index < -0.39 is 5.91 Å². The van der Waals surface area contributed by atoms with Crippen molar-refractivity contribution < 1.29 is 9.59 Å². The first-order valence-corrected chi connectivity index (χ1v) is 5.16. The van der Waals surface area contributed by atoms with Gasteiger partial charge in [0.25, 0.3) is 11.8 Å². The molecule has 0 bridgehead atoms. The number of hydrogen-bond donors (Lipinski definition) is 3. The molecule has 1 heterocycles. The monoisotopic (exact) mass is 245 g/mol. The molecule has 0 aliphatic heterocycles. The van der Waals surface area contributed by atoms with Gasteiger partial charge in [-0.3, -0.25) is 9.59 Å². The zero-order valence-electron chi connectivity index (χ0n) is 9.60. The number of H-pyrrole nitrogens is 1. The van der Waals surface area contributed by atoms with Crippen molar-refractivity contribution in [3.63, 3.8) is 0 Å². The van der Waals surface area contributed by atoms with Gasteiger partial charge in [-0.15, -0.1) is 0 Å². The molecule has 0 fully saturated rings. The molecule has 0 aliphatic carbocycles. The van der Waals surface area contributed by atoms with Crippen LogP contribution in [0.15, 0.2) is 24.3 Å². The summed E-state index contributed by atoms with van der Waals surface area (Å²) in [5.74, 6) is -0.898. The highest BCUT2D eigenvalue weighted by Crippen LogP contribution is 2.20. The van der Waals surface area contributed by atoms with Gasteiger partial charge in [0.15, 0.2) is 5.69 Å². The number of hydrogen-bond acceptors (Lipinski definition) is 4. The van der Waals surface area contributed by atoms with Crippen LogP contribution in [0.2, 0.25) is 0 Å². The minimum atomic E-state index is -0.677. The van der Waals surface area contributed by atoms with Crippen LogP contribution in [0.3, 0.4) is 0 Å². The van der Waals surface area contributed by atoms with Gasteiger partial charge >= 0.3 is 0 Å². The molecule has 0 aliphatic rings. The third-order valence-electron chi connectivity index (χ3n) is 2.41. The van der Waals surface area contributed by atoms with Crippen molar-refractivity contribution in [2.45, 2.75) is 0 Å². The fourth-order valence-corrected chi connectivity index (χ4v) is 1.56. The van der Waals surface area contributed by atoms with Gasteiger partial charge in [-0.05, 0) is 12.1 Å². The first kappa shape index (κ1) is 11.8. The predicted molar refractivity (Wildman–Crippen MR) is 63.7 cm³/mol. The second kappa shape index (κ2) is 4.66. The molecule has 2 amide bonds. The van der Waals surface area contributed by atoms with Crippen LogP contribution in [-0.4, -0.2) is 34.3 Å².